The molecule has 0 aliphatic rings. The van der Waals surface area contributed by atoms with Crippen molar-refractivity contribution < 1.29 is 9.15 Å². The van der Waals surface area contributed by atoms with Gasteiger partial charge < -0.3 is 9.15 Å². The second kappa shape index (κ2) is 7.27. The first kappa shape index (κ1) is 18.3. The summed E-state index contributed by atoms with van der Waals surface area (Å²) in [6, 6.07) is 18.6. The fourth-order valence-corrected chi connectivity index (χ4v) is 4.09. The van der Waals surface area contributed by atoms with E-state index in [0.717, 1.165) is 10.3 Å². The third-order valence-corrected chi connectivity index (χ3v) is 5.71. The molecule has 0 fully saturated rings. The average Bonchev–Trinajstić information content (AvgIpc) is 3.38. The van der Waals surface area contributed by atoms with E-state index in [9.17, 15) is 4.79 Å². The molecule has 0 spiro atoms. The first-order chi connectivity index (χ1) is 14.6. The van der Waals surface area contributed by atoms with Crippen LogP contribution in [0.5, 0.6) is 5.75 Å². The molecule has 0 N–H and O–H groups in total. The molecule has 0 aliphatic heterocycles. The van der Waals surface area contributed by atoms with Crippen LogP contribution in [-0.2, 0) is 0 Å². The Bertz CT molecular complexity index is 1480. The lowest BCUT2D eigenvalue weighted by Crippen LogP contribution is -2.20. The van der Waals surface area contributed by atoms with Crippen LogP contribution < -0.4 is 10.3 Å². The molecule has 5 rings (SSSR count). The SMILES string of the molecule is COc1cccc2oc(-c3nc4ccccc4c(=O)n3N=Cc3ccc(C)s3)cc12. The topological polar surface area (TPSA) is 69.6 Å². The van der Waals surface area contributed by atoms with Crippen LogP contribution >= 0.6 is 11.3 Å². The van der Waals surface area contributed by atoms with Crippen molar-refractivity contribution in [1.29, 1.82) is 0 Å². The number of benzene rings is 2. The third-order valence-electron chi connectivity index (χ3n) is 4.78. The molecular weight excluding hydrogens is 398 g/mol. The predicted octanol–water partition coefficient (Wildman–Crippen LogP) is 5.07. The summed E-state index contributed by atoms with van der Waals surface area (Å²) in [5.74, 6) is 1.47. The van der Waals surface area contributed by atoms with Crippen molar-refractivity contribution in [2.45, 2.75) is 6.92 Å². The second-order valence-corrected chi connectivity index (χ2v) is 8.06. The highest BCUT2D eigenvalue weighted by Gasteiger charge is 2.17. The van der Waals surface area contributed by atoms with Gasteiger partial charge in [0.2, 0.25) is 5.82 Å². The van der Waals surface area contributed by atoms with Gasteiger partial charge >= 0.3 is 0 Å². The van der Waals surface area contributed by atoms with Crippen molar-refractivity contribution in [2.24, 2.45) is 5.10 Å². The maximum atomic E-state index is 13.2. The lowest BCUT2D eigenvalue weighted by molar-refractivity contribution is 0.419. The van der Waals surface area contributed by atoms with Gasteiger partial charge in [0, 0.05) is 9.75 Å². The van der Waals surface area contributed by atoms with E-state index < -0.39 is 0 Å². The quantitative estimate of drug-likeness (QED) is 0.384. The maximum Gasteiger partial charge on any atom is 0.282 e. The minimum atomic E-state index is -0.257. The largest absolute Gasteiger partial charge is 0.496 e. The van der Waals surface area contributed by atoms with Crippen molar-refractivity contribution in [3.05, 3.63) is 80.8 Å². The van der Waals surface area contributed by atoms with Crippen LogP contribution in [0, 0.1) is 6.92 Å². The number of furan rings is 1. The molecule has 3 heterocycles. The van der Waals surface area contributed by atoms with Gasteiger partial charge in [-0.25, -0.2) is 4.98 Å². The molecule has 0 unspecified atom stereocenters. The number of para-hydroxylation sites is 1. The van der Waals surface area contributed by atoms with Gasteiger partial charge in [-0.05, 0) is 49.4 Å². The fourth-order valence-electron chi connectivity index (χ4n) is 3.35. The molecule has 7 heteroatoms. The highest BCUT2D eigenvalue weighted by Crippen LogP contribution is 2.32. The van der Waals surface area contributed by atoms with E-state index in [0.29, 0.717) is 33.8 Å². The Labute approximate surface area is 175 Å². The Morgan fingerprint density at radius 2 is 1.97 bits per heavy atom. The molecule has 3 aromatic heterocycles. The summed E-state index contributed by atoms with van der Waals surface area (Å²) >= 11 is 1.60. The lowest BCUT2D eigenvalue weighted by Gasteiger charge is -2.06. The molecule has 2 aromatic carbocycles. The van der Waals surface area contributed by atoms with Gasteiger partial charge in [0.25, 0.3) is 5.56 Å². The van der Waals surface area contributed by atoms with Gasteiger partial charge in [0.1, 0.15) is 11.3 Å². The zero-order chi connectivity index (χ0) is 20.7. The van der Waals surface area contributed by atoms with Gasteiger partial charge in [-0.2, -0.15) is 9.78 Å². The normalized spacial score (nSPS) is 11.7. The molecule has 0 atom stereocenters. The van der Waals surface area contributed by atoms with Gasteiger partial charge in [-0.15, -0.1) is 11.3 Å². The molecule has 0 amide bonds. The van der Waals surface area contributed by atoms with Crippen molar-refractivity contribution in [3.63, 3.8) is 0 Å². The van der Waals surface area contributed by atoms with Gasteiger partial charge in [0.15, 0.2) is 5.76 Å². The molecule has 148 valence electrons. The highest BCUT2D eigenvalue weighted by atomic mass is 32.1. The van der Waals surface area contributed by atoms with E-state index in [1.165, 1.54) is 9.55 Å². The first-order valence-electron chi connectivity index (χ1n) is 9.33. The highest BCUT2D eigenvalue weighted by molar-refractivity contribution is 7.13. The van der Waals surface area contributed by atoms with Crippen molar-refractivity contribution >= 4 is 39.4 Å². The molecule has 6 nitrogen and oxygen atoms in total. The number of aryl methyl sites for hydroxylation is 1. The molecule has 0 saturated carbocycles. The van der Waals surface area contributed by atoms with E-state index in [1.807, 2.05) is 55.5 Å². The number of aromatic nitrogens is 2. The minimum Gasteiger partial charge on any atom is -0.496 e. The van der Waals surface area contributed by atoms with E-state index >= 15 is 0 Å². The zero-order valence-electron chi connectivity index (χ0n) is 16.3. The van der Waals surface area contributed by atoms with Crippen LogP contribution in [0.15, 0.2) is 75.0 Å². The maximum absolute atomic E-state index is 13.2. The lowest BCUT2D eigenvalue weighted by atomic mass is 10.2. The van der Waals surface area contributed by atoms with Crippen LogP contribution in [0.3, 0.4) is 0 Å². The Morgan fingerprint density at radius 1 is 1.10 bits per heavy atom. The summed E-state index contributed by atoms with van der Waals surface area (Å²) < 4.78 is 12.7. The van der Waals surface area contributed by atoms with Gasteiger partial charge in [0.05, 0.1) is 29.6 Å². The van der Waals surface area contributed by atoms with Gasteiger partial charge in [-0.1, -0.05) is 18.2 Å². The predicted molar refractivity (Wildman–Crippen MR) is 120 cm³/mol. The first-order valence-corrected chi connectivity index (χ1v) is 10.2. The number of nitrogens with zero attached hydrogens (tertiary/aromatic N) is 3. The molecule has 0 aliphatic carbocycles. The van der Waals surface area contributed by atoms with Crippen LogP contribution in [0.4, 0.5) is 0 Å². The Kier molecular flexibility index (Phi) is 4.44. The summed E-state index contributed by atoms with van der Waals surface area (Å²) in [7, 11) is 1.61. The second-order valence-electron chi connectivity index (χ2n) is 6.75. The number of hydrogen-bond acceptors (Lipinski definition) is 6. The monoisotopic (exact) mass is 415 g/mol. The molecule has 0 saturated heterocycles. The summed E-state index contributed by atoms with van der Waals surface area (Å²) in [5, 5.41) is 5.77. The number of fused-ring (bicyclic) bond motifs is 2. The number of hydrogen-bond donors (Lipinski definition) is 0. The van der Waals surface area contributed by atoms with Crippen molar-refractivity contribution in [2.75, 3.05) is 7.11 Å². The van der Waals surface area contributed by atoms with Crippen molar-refractivity contribution in [1.82, 2.24) is 9.66 Å². The van der Waals surface area contributed by atoms with Crippen LogP contribution in [0.1, 0.15) is 9.75 Å². The molecule has 30 heavy (non-hydrogen) atoms. The smallest absolute Gasteiger partial charge is 0.282 e. The molecule has 5 aromatic rings. The average molecular weight is 415 g/mol. The standard InChI is InChI=1S/C23H17N3O3S/c1-14-10-11-15(30-14)13-24-26-22(25-18-7-4-3-6-16(18)23(26)27)21-12-17-19(28-2)8-5-9-20(17)29-21/h3-13H,1-2H3. The molecule has 0 bridgehead atoms. The Morgan fingerprint density at radius 3 is 2.77 bits per heavy atom. The van der Waals surface area contributed by atoms with Crippen LogP contribution in [0.2, 0.25) is 0 Å². The van der Waals surface area contributed by atoms with Crippen LogP contribution in [0.25, 0.3) is 33.5 Å². The van der Waals surface area contributed by atoms with Gasteiger partial charge in [-0.3, -0.25) is 4.79 Å². The summed E-state index contributed by atoms with van der Waals surface area (Å²) in [4.78, 5) is 20.0. The molecular formula is C23H17N3O3S. The summed E-state index contributed by atoms with van der Waals surface area (Å²) in [5.41, 5.74) is 0.979. The van der Waals surface area contributed by atoms with Crippen molar-refractivity contribution in [3.8, 4) is 17.3 Å². The summed E-state index contributed by atoms with van der Waals surface area (Å²) in [6.07, 6.45) is 1.67. The number of methoxy groups -OCH3 is 1. The Balaban J connectivity index is 1.76. The number of rotatable bonds is 4. The zero-order valence-corrected chi connectivity index (χ0v) is 17.1. The summed E-state index contributed by atoms with van der Waals surface area (Å²) in [6.45, 7) is 2.03. The van der Waals surface area contributed by atoms with E-state index in [-0.39, 0.29) is 5.56 Å². The van der Waals surface area contributed by atoms with E-state index in [2.05, 4.69) is 5.10 Å². The third kappa shape index (κ3) is 3.09. The fraction of sp³-hybridized carbons (Fsp3) is 0.0870. The number of thiophene rings is 1. The van der Waals surface area contributed by atoms with E-state index in [1.54, 1.807) is 36.8 Å². The van der Waals surface area contributed by atoms with Crippen LogP contribution in [-0.4, -0.2) is 23.0 Å². The Hall–Kier alpha value is -3.71. The minimum absolute atomic E-state index is 0.257. The van der Waals surface area contributed by atoms with E-state index in [4.69, 9.17) is 14.1 Å². The molecule has 0 radical (unpaired) electrons. The number of ether oxygens (including phenoxy) is 1.